The normalized spacial score (nSPS) is 16.5. The van der Waals surface area contributed by atoms with Crippen LogP contribution in [0.15, 0.2) is 72.8 Å². The Bertz CT molecular complexity index is 1170. The minimum absolute atomic E-state index is 0.147. The molecule has 182 valence electrons. The van der Waals surface area contributed by atoms with Crippen molar-refractivity contribution in [3.8, 4) is 11.1 Å². The van der Waals surface area contributed by atoms with Crippen LogP contribution < -0.4 is 0 Å². The zero-order chi connectivity index (χ0) is 24.8. The second kappa shape index (κ2) is 11.3. The fourth-order valence-electron chi connectivity index (χ4n) is 4.99. The number of aliphatic hydroxyl groups excluding tert-OH is 1. The molecule has 0 spiro atoms. The van der Waals surface area contributed by atoms with Crippen molar-refractivity contribution in [1.29, 1.82) is 0 Å². The first-order valence-corrected chi connectivity index (χ1v) is 12.4. The van der Waals surface area contributed by atoms with Gasteiger partial charge in [-0.3, -0.25) is 4.79 Å². The van der Waals surface area contributed by atoms with Gasteiger partial charge in [-0.2, -0.15) is 0 Å². The molecule has 1 aliphatic heterocycles. The van der Waals surface area contributed by atoms with E-state index < -0.39 is 12.1 Å². The number of carbonyl (C=O) groups is 2. The lowest BCUT2D eigenvalue weighted by Gasteiger charge is -2.26. The first kappa shape index (κ1) is 24.7. The van der Waals surface area contributed by atoms with Crippen molar-refractivity contribution in [3.63, 3.8) is 0 Å². The molecule has 2 N–H and O–H groups in total. The van der Waals surface area contributed by atoms with Crippen LogP contribution in [-0.4, -0.2) is 45.7 Å². The summed E-state index contributed by atoms with van der Waals surface area (Å²) in [6, 6.07) is 23.7. The highest BCUT2D eigenvalue weighted by Crippen LogP contribution is 2.26. The number of benzene rings is 3. The molecule has 0 bridgehead atoms. The van der Waals surface area contributed by atoms with Crippen LogP contribution in [0.4, 0.5) is 0 Å². The van der Waals surface area contributed by atoms with Crippen molar-refractivity contribution in [2.24, 2.45) is 0 Å². The minimum atomic E-state index is -0.938. The Kier molecular flexibility index (Phi) is 7.98. The van der Waals surface area contributed by atoms with Gasteiger partial charge in [0.2, 0.25) is 5.91 Å². The number of nitrogens with zero attached hydrogens (tertiary/aromatic N) is 1. The van der Waals surface area contributed by atoms with Gasteiger partial charge in [-0.15, -0.1) is 0 Å². The monoisotopic (exact) mass is 471 g/mol. The predicted molar refractivity (Wildman–Crippen MR) is 137 cm³/mol. The van der Waals surface area contributed by atoms with Crippen LogP contribution in [0.5, 0.6) is 0 Å². The summed E-state index contributed by atoms with van der Waals surface area (Å²) in [7, 11) is 0. The molecule has 0 unspecified atom stereocenters. The number of carboxylic acid groups (broad SMARTS) is 1. The first-order chi connectivity index (χ1) is 16.9. The molecule has 0 radical (unpaired) electrons. The molecule has 4 rings (SSSR count). The molecular formula is C30H33NO4. The van der Waals surface area contributed by atoms with Crippen LogP contribution in [0.25, 0.3) is 11.1 Å². The molecule has 5 heteroatoms. The standard InChI is InChI=1S/C30H33NO4/c1-21-5-2-3-8-28(21)25-7-4-6-23(19-25)20-27(32)15-13-26-14-16-29(33)31(26)18-17-22-9-11-24(12-10-22)30(34)35/h2-12,19,26-27,32H,13-18,20H2,1H3,(H,34,35)/t26-,27+/m0/s1. The molecule has 1 amide bonds. The topological polar surface area (TPSA) is 77.8 Å². The van der Waals surface area contributed by atoms with Crippen LogP contribution >= 0.6 is 0 Å². The lowest BCUT2D eigenvalue weighted by Crippen LogP contribution is -2.35. The van der Waals surface area contributed by atoms with Gasteiger partial charge in [0.25, 0.3) is 0 Å². The summed E-state index contributed by atoms with van der Waals surface area (Å²) in [6.07, 6.45) is 3.64. The maximum Gasteiger partial charge on any atom is 0.335 e. The van der Waals surface area contributed by atoms with Crippen LogP contribution in [-0.2, 0) is 17.6 Å². The fourth-order valence-corrected chi connectivity index (χ4v) is 4.99. The maximum atomic E-state index is 12.5. The average Bonchev–Trinajstić information content (AvgIpc) is 3.21. The summed E-state index contributed by atoms with van der Waals surface area (Å²) in [5.41, 5.74) is 6.00. The number of likely N-dealkylation sites (tertiary alicyclic amines) is 1. The maximum absolute atomic E-state index is 12.5. The van der Waals surface area contributed by atoms with Crippen molar-refractivity contribution in [2.75, 3.05) is 6.54 Å². The summed E-state index contributed by atoms with van der Waals surface area (Å²) >= 11 is 0. The Morgan fingerprint density at radius 3 is 2.54 bits per heavy atom. The molecule has 1 saturated heterocycles. The summed E-state index contributed by atoms with van der Waals surface area (Å²) in [5.74, 6) is -0.774. The SMILES string of the molecule is Cc1ccccc1-c1cccc(C[C@H](O)CC[C@H]2CCC(=O)N2CCc2ccc(C(=O)O)cc2)c1. The van der Waals surface area contributed by atoms with E-state index in [-0.39, 0.29) is 17.5 Å². The largest absolute Gasteiger partial charge is 0.478 e. The number of carboxylic acids is 1. The summed E-state index contributed by atoms with van der Waals surface area (Å²) < 4.78 is 0. The van der Waals surface area contributed by atoms with Crippen molar-refractivity contribution in [1.82, 2.24) is 4.90 Å². The quantitative estimate of drug-likeness (QED) is 0.422. The van der Waals surface area contributed by atoms with E-state index in [1.165, 1.54) is 11.1 Å². The van der Waals surface area contributed by atoms with Crippen molar-refractivity contribution >= 4 is 11.9 Å². The van der Waals surface area contributed by atoms with Crippen molar-refractivity contribution in [3.05, 3.63) is 95.1 Å². The molecule has 5 nitrogen and oxygen atoms in total. The molecule has 35 heavy (non-hydrogen) atoms. The number of hydrogen-bond donors (Lipinski definition) is 2. The molecule has 0 aromatic heterocycles. The van der Waals surface area contributed by atoms with Crippen LogP contribution in [0, 0.1) is 6.92 Å². The highest BCUT2D eigenvalue weighted by atomic mass is 16.4. The van der Waals surface area contributed by atoms with Crippen molar-refractivity contribution in [2.45, 2.75) is 57.6 Å². The van der Waals surface area contributed by atoms with Gasteiger partial charge in [0, 0.05) is 19.0 Å². The Hall–Kier alpha value is -3.44. The summed E-state index contributed by atoms with van der Waals surface area (Å²) in [6.45, 7) is 2.72. The number of aromatic carboxylic acids is 1. The number of aliphatic hydroxyl groups is 1. The van der Waals surface area contributed by atoms with Gasteiger partial charge in [-0.1, -0.05) is 60.7 Å². The zero-order valence-corrected chi connectivity index (χ0v) is 20.2. The van der Waals surface area contributed by atoms with Gasteiger partial charge < -0.3 is 15.1 Å². The van der Waals surface area contributed by atoms with E-state index in [2.05, 4.69) is 37.3 Å². The molecule has 1 aliphatic rings. The number of carbonyl (C=O) groups excluding carboxylic acids is 1. The lowest BCUT2D eigenvalue weighted by atomic mass is 9.95. The van der Waals surface area contributed by atoms with E-state index in [1.54, 1.807) is 12.1 Å². The number of amides is 1. The highest BCUT2D eigenvalue weighted by Gasteiger charge is 2.30. The number of rotatable bonds is 10. The van der Waals surface area contributed by atoms with E-state index in [0.717, 1.165) is 29.5 Å². The average molecular weight is 472 g/mol. The molecule has 0 aliphatic carbocycles. The molecule has 1 fully saturated rings. The highest BCUT2D eigenvalue weighted by molar-refractivity contribution is 5.87. The minimum Gasteiger partial charge on any atom is -0.478 e. The second-order valence-corrected chi connectivity index (χ2v) is 9.48. The molecular weight excluding hydrogens is 438 g/mol. The lowest BCUT2D eigenvalue weighted by molar-refractivity contribution is -0.129. The molecule has 3 aromatic rings. The Balaban J connectivity index is 1.30. The molecule has 0 saturated carbocycles. The fraction of sp³-hybridized carbons (Fsp3) is 0.333. The Morgan fingerprint density at radius 1 is 1.03 bits per heavy atom. The Morgan fingerprint density at radius 2 is 1.80 bits per heavy atom. The smallest absolute Gasteiger partial charge is 0.335 e. The van der Waals surface area contributed by atoms with Crippen LogP contribution in [0.2, 0.25) is 0 Å². The third-order valence-corrected chi connectivity index (χ3v) is 6.98. The summed E-state index contributed by atoms with van der Waals surface area (Å²) in [4.78, 5) is 25.4. The first-order valence-electron chi connectivity index (χ1n) is 12.4. The van der Waals surface area contributed by atoms with E-state index >= 15 is 0 Å². The van der Waals surface area contributed by atoms with Crippen molar-refractivity contribution < 1.29 is 19.8 Å². The van der Waals surface area contributed by atoms with Gasteiger partial charge in [0.1, 0.15) is 0 Å². The third kappa shape index (κ3) is 6.37. The van der Waals surface area contributed by atoms with Gasteiger partial charge in [-0.05, 0) is 79.0 Å². The summed E-state index contributed by atoms with van der Waals surface area (Å²) in [5, 5.41) is 19.8. The Labute approximate surface area is 207 Å². The molecule has 3 aromatic carbocycles. The van der Waals surface area contributed by atoms with Gasteiger partial charge >= 0.3 is 5.97 Å². The van der Waals surface area contributed by atoms with Crippen LogP contribution in [0.1, 0.15) is 52.7 Å². The predicted octanol–water partition coefficient (Wildman–Crippen LogP) is 5.28. The number of hydrogen-bond acceptors (Lipinski definition) is 3. The second-order valence-electron chi connectivity index (χ2n) is 9.48. The van der Waals surface area contributed by atoms with Gasteiger partial charge in [-0.25, -0.2) is 4.79 Å². The van der Waals surface area contributed by atoms with E-state index in [9.17, 15) is 14.7 Å². The van der Waals surface area contributed by atoms with Crippen LogP contribution in [0.3, 0.4) is 0 Å². The molecule has 2 atom stereocenters. The third-order valence-electron chi connectivity index (χ3n) is 6.98. The van der Waals surface area contributed by atoms with Gasteiger partial charge in [0.05, 0.1) is 11.7 Å². The van der Waals surface area contributed by atoms with E-state index in [1.807, 2.05) is 35.2 Å². The van der Waals surface area contributed by atoms with Gasteiger partial charge in [0.15, 0.2) is 0 Å². The van der Waals surface area contributed by atoms with E-state index in [4.69, 9.17) is 5.11 Å². The van der Waals surface area contributed by atoms with E-state index in [0.29, 0.717) is 32.2 Å². The number of aryl methyl sites for hydroxylation is 1. The zero-order valence-electron chi connectivity index (χ0n) is 20.2. The molecule has 1 heterocycles.